The fourth-order valence-corrected chi connectivity index (χ4v) is 1.84. The Morgan fingerprint density at radius 1 is 1.40 bits per heavy atom. The van der Waals surface area contributed by atoms with Gasteiger partial charge in [0.2, 0.25) is 0 Å². The minimum atomic E-state index is -0.540. The Bertz CT molecular complexity index is 470. The van der Waals surface area contributed by atoms with E-state index in [1.807, 2.05) is 33.8 Å². The highest BCUT2D eigenvalue weighted by molar-refractivity contribution is 9.10. The van der Waals surface area contributed by atoms with Crippen LogP contribution in [0.25, 0.3) is 0 Å². The van der Waals surface area contributed by atoms with E-state index in [-0.39, 0.29) is 4.83 Å². The number of anilines is 1. The number of alkyl halides is 1. The third-order valence-electron chi connectivity index (χ3n) is 2.05. The zero-order valence-electron chi connectivity index (χ0n) is 12.0. The van der Waals surface area contributed by atoms with Crippen LogP contribution in [0.4, 0.5) is 10.5 Å². The number of rotatable bonds is 4. The third-order valence-corrected chi connectivity index (χ3v) is 2.80. The van der Waals surface area contributed by atoms with Gasteiger partial charge in [0.1, 0.15) is 18.0 Å². The lowest BCUT2D eigenvalue weighted by atomic mass is 10.2. The van der Waals surface area contributed by atoms with E-state index in [0.717, 1.165) is 4.47 Å². The lowest BCUT2D eigenvalue weighted by Gasteiger charge is -2.20. The maximum Gasteiger partial charge on any atom is 0.412 e. The lowest BCUT2D eigenvalue weighted by molar-refractivity contribution is 0.0635. The Balaban J connectivity index is 2.81. The number of carbonyl (C=O) groups is 1. The molecule has 1 N–H and O–H groups in total. The van der Waals surface area contributed by atoms with Crippen LogP contribution in [0, 0.1) is 0 Å². The SMILES string of the molecule is CC(Br)COc1ccc(Br)cc1NC(=O)OC(C)(C)C. The number of benzene rings is 1. The second-order valence-electron chi connectivity index (χ2n) is 5.36. The molecule has 6 heteroatoms. The predicted molar refractivity (Wildman–Crippen MR) is 87.9 cm³/mol. The second kappa shape index (κ2) is 7.31. The molecule has 0 heterocycles. The van der Waals surface area contributed by atoms with Gasteiger partial charge in [-0.3, -0.25) is 5.32 Å². The molecule has 0 saturated heterocycles. The second-order valence-corrected chi connectivity index (χ2v) is 7.84. The zero-order valence-corrected chi connectivity index (χ0v) is 15.2. The van der Waals surface area contributed by atoms with Crippen molar-refractivity contribution in [1.29, 1.82) is 0 Å². The largest absolute Gasteiger partial charge is 0.490 e. The van der Waals surface area contributed by atoms with E-state index in [4.69, 9.17) is 9.47 Å². The topological polar surface area (TPSA) is 47.6 Å². The van der Waals surface area contributed by atoms with Crippen molar-refractivity contribution in [1.82, 2.24) is 0 Å². The van der Waals surface area contributed by atoms with Crippen LogP contribution in [0.5, 0.6) is 5.75 Å². The molecule has 0 spiro atoms. The van der Waals surface area contributed by atoms with E-state index in [9.17, 15) is 4.79 Å². The molecule has 0 bridgehead atoms. The Kier molecular flexibility index (Phi) is 6.33. The summed E-state index contributed by atoms with van der Waals surface area (Å²) in [4.78, 5) is 12.0. The number of amides is 1. The number of hydrogen-bond acceptors (Lipinski definition) is 3. The van der Waals surface area contributed by atoms with Gasteiger partial charge in [0.05, 0.1) is 5.69 Å². The van der Waals surface area contributed by atoms with Crippen molar-refractivity contribution in [3.05, 3.63) is 22.7 Å². The number of halogens is 2. The molecular weight excluding hydrogens is 390 g/mol. The Labute approximate surface area is 136 Å². The molecule has 0 saturated carbocycles. The summed E-state index contributed by atoms with van der Waals surface area (Å²) in [6.45, 7) is 7.94. The number of ether oxygens (including phenoxy) is 2. The van der Waals surface area contributed by atoms with Gasteiger partial charge in [0.25, 0.3) is 0 Å². The summed E-state index contributed by atoms with van der Waals surface area (Å²) in [5, 5.41) is 2.70. The smallest absolute Gasteiger partial charge is 0.412 e. The Hall–Kier alpha value is -0.750. The van der Waals surface area contributed by atoms with Gasteiger partial charge < -0.3 is 9.47 Å². The average molecular weight is 409 g/mol. The first-order chi connectivity index (χ1) is 9.17. The molecule has 0 radical (unpaired) electrons. The molecule has 0 aliphatic heterocycles. The average Bonchev–Trinajstić information content (AvgIpc) is 2.24. The van der Waals surface area contributed by atoms with E-state index in [0.29, 0.717) is 18.0 Å². The fraction of sp³-hybridized carbons (Fsp3) is 0.500. The van der Waals surface area contributed by atoms with Gasteiger partial charge in [-0.25, -0.2) is 4.79 Å². The molecule has 0 aliphatic rings. The monoisotopic (exact) mass is 407 g/mol. The molecule has 0 aromatic heterocycles. The maximum absolute atomic E-state index is 11.8. The minimum absolute atomic E-state index is 0.223. The molecule has 1 aromatic carbocycles. The van der Waals surface area contributed by atoms with E-state index >= 15 is 0 Å². The molecule has 1 amide bonds. The van der Waals surface area contributed by atoms with E-state index in [1.54, 1.807) is 12.1 Å². The number of hydrogen-bond donors (Lipinski definition) is 1. The molecule has 0 fully saturated rings. The summed E-state index contributed by atoms with van der Waals surface area (Å²) in [7, 11) is 0. The Morgan fingerprint density at radius 2 is 2.05 bits per heavy atom. The zero-order chi connectivity index (χ0) is 15.3. The van der Waals surface area contributed by atoms with Crippen LogP contribution in [0.15, 0.2) is 22.7 Å². The van der Waals surface area contributed by atoms with E-state index in [1.165, 1.54) is 0 Å². The first-order valence-electron chi connectivity index (χ1n) is 6.24. The highest BCUT2D eigenvalue weighted by atomic mass is 79.9. The first-order valence-corrected chi connectivity index (χ1v) is 7.94. The first kappa shape index (κ1) is 17.3. The third kappa shape index (κ3) is 6.61. The Morgan fingerprint density at radius 3 is 2.60 bits per heavy atom. The van der Waals surface area contributed by atoms with Gasteiger partial charge in [-0.15, -0.1) is 0 Å². The molecule has 20 heavy (non-hydrogen) atoms. The summed E-state index contributed by atoms with van der Waals surface area (Å²) in [6.07, 6.45) is -0.507. The minimum Gasteiger partial charge on any atom is -0.490 e. The van der Waals surface area contributed by atoms with Crippen LogP contribution in [0.2, 0.25) is 0 Å². The van der Waals surface area contributed by atoms with E-state index < -0.39 is 11.7 Å². The van der Waals surface area contributed by atoms with Gasteiger partial charge in [-0.05, 0) is 45.9 Å². The van der Waals surface area contributed by atoms with Gasteiger partial charge >= 0.3 is 6.09 Å². The fourth-order valence-electron chi connectivity index (χ4n) is 1.34. The normalized spacial score (nSPS) is 12.7. The number of nitrogens with one attached hydrogen (secondary N) is 1. The van der Waals surface area contributed by atoms with Crippen LogP contribution in [0.1, 0.15) is 27.7 Å². The van der Waals surface area contributed by atoms with Crippen LogP contribution in [-0.4, -0.2) is 23.1 Å². The van der Waals surface area contributed by atoms with Crippen LogP contribution < -0.4 is 10.1 Å². The van der Waals surface area contributed by atoms with Gasteiger partial charge in [-0.1, -0.05) is 31.9 Å². The highest BCUT2D eigenvalue weighted by Crippen LogP contribution is 2.29. The predicted octanol–water partition coefficient (Wildman–Crippen LogP) is 4.96. The van der Waals surface area contributed by atoms with Crippen molar-refractivity contribution in [2.75, 3.05) is 11.9 Å². The van der Waals surface area contributed by atoms with Crippen molar-refractivity contribution < 1.29 is 14.3 Å². The molecular formula is C14H19Br2NO3. The highest BCUT2D eigenvalue weighted by Gasteiger charge is 2.17. The summed E-state index contributed by atoms with van der Waals surface area (Å²) < 4.78 is 11.7. The van der Waals surface area contributed by atoms with Crippen molar-refractivity contribution in [2.45, 2.75) is 38.1 Å². The summed E-state index contributed by atoms with van der Waals surface area (Å²) in [6, 6.07) is 5.43. The molecule has 1 atom stereocenters. The van der Waals surface area contributed by atoms with Gasteiger partial charge in [-0.2, -0.15) is 0 Å². The molecule has 1 aromatic rings. The quantitative estimate of drug-likeness (QED) is 0.716. The van der Waals surface area contributed by atoms with Crippen molar-refractivity contribution >= 4 is 43.6 Å². The van der Waals surface area contributed by atoms with Crippen LogP contribution in [-0.2, 0) is 4.74 Å². The molecule has 4 nitrogen and oxygen atoms in total. The summed E-state index contributed by atoms with van der Waals surface area (Å²) in [5.74, 6) is 0.602. The molecule has 1 unspecified atom stereocenters. The van der Waals surface area contributed by atoms with Crippen LogP contribution >= 0.6 is 31.9 Å². The number of carbonyl (C=O) groups excluding carboxylic acids is 1. The lowest BCUT2D eigenvalue weighted by Crippen LogP contribution is -2.27. The van der Waals surface area contributed by atoms with Crippen molar-refractivity contribution in [3.8, 4) is 5.75 Å². The molecule has 1 rings (SSSR count). The summed E-state index contributed by atoms with van der Waals surface area (Å²) >= 11 is 6.79. The standard InChI is InChI=1S/C14H19Br2NO3/c1-9(15)8-19-12-6-5-10(16)7-11(12)17-13(18)20-14(2,3)4/h5-7,9H,8H2,1-4H3,(H,17,18). The molecule has 0 aliphatic carbocycles. The van der Waals surface area contributed by atoms with Crippen molar-refractivity contribution in [3.63, 3.8) is 0 Å². The van der Waals surface area contributed by atoms with Crippen molar-refractivity contribution in [2.24, 2.45) is 0 Å². The maximum atomic E-state index is 11.8. The van der Waals surface area contributed by atoms with Gasteiger partial charge in [0.15, 0.2) is 0 Å². The van der Waals surface area contributed by atoms with E-state index in [2.05, 4.69) is 37.2 Å². The van der Waals surface area contributed by atoms with Crippen LogP contribution in [0.3, 0.4) is 0 Å². The molecule has 112 valence electrons. The van der Waals surface area contributed by atoms with Gasteiger partial charge in [0, 0.05) is 9.30 Å². The summed E-state index contributed by atoms with van der Waals surface area (Å²) in [5.41, 5.74) is 0.0309.